The fourth-order valence-electron chi connectivity index (χ4n) is 2.69. The Morgan fingerprint density at radius 3 is 2.62 bits per heavy atom. The summed E-state index contributed by atoms with van der Waals surface area (Å²) in [6.07, 6.45) is -2.78. The zero-order valence-corrected chi connectivity index (χ0v) is 14.5. The van der Waals surface area contributed by atoms with Gasteiger partial charge in [-0.05, 0) is 50.6 Å². The summed E-state index contributed by atoms with van der Waals surface area (Å²) in [4.78, 5) is 16.8. The van der Waals surface area contributed by atoms with Crippen molar-refractivity contribution in [2.45, 2.75) is 32.0 Å². The van der Waals surface area contributed by atoms with Crippen molar-refractivity contribution < 1.29 is 18.0 Å². The van der Waals surface area contributed by atoms with Crippen molar-refractivity contribution in [3.05, 3.63) is 28.3 Å². The number of pyridine rings is 1. The summed E-state index contributed by atoms with van der Waals surface area (Å²) in [5.41, 5.74) is -0.255. The van der Waals surface area contributed by atoms with Crippen LogP contribution in [0.1, 0.15) is 33.8 Å². The van der Waals surface area contributed by atoms with Gasteiger partial charge in [-0.25, -0.2) is 4.98 Å². The molecule has 9 heteroatoms. The number of carbonyl (C=O) groups excluding carboxylic acids is 1. The highest BCUT2D eigenvalue weighted by molar-refractivity contribution is 7.20. The van der Waals surface area contributed by atoms with E-state index in [1.807, 2.05) is 0 Å². The number of piperidine rings is 1. The van der Waals surface area contributed by atoms with E-state index in [0.717, 1.165) is 43.3 Å². The summed E-state index contributed by atoms with van der Waals surface area (Å²) in [5, 5.41) is 6.77. The zero-order chi connectivity index (χ0) is 16.6. The van der Waals surface area contributed by atoms with Gasteiger partial charge >= 0.3 is 6.18 Å². The second-order valence-electron chi connectivity index (χ2n) is 5.60. The number of aromatic nitrogens is 1. The minimum Gasteiger partial charge on any atom is -0.349 e. The number of carbonyl (C=O) groups is 1. The lowest BCUT2D eigenvalue weighted by molar-refractivity contribution is -0.140. The van der Waals surface area contributed by atoms with Gasteiger partial charge in [0.2, 0.25) is 0 Å². The Hall–Kier alpha value is -1.38. The molecule has 3 heterocycles. The first-order valence-electron chi connectivity index (χ1n) is 7.35. The topological polar surface area (TPSA) is 54.0 Å². The lowest BCUT2D eigenvalue weighted by atomic mass is 10.1. The van der Waals surface area contributed by atoms with E-state index in [2.05, 4.69) is 15.6 Å². The molecule has 0 atom stereocenters. The molecule has 1 saturated heterocycles. The number of rotatable bonds is 2. The first-order chi connectivity index (χ1) is 10.9. The molecule has 1 aliphatic heterocycles. The molecular weight excluding hydrogens is 363 g/mol. The van der Waals surface area contributed by atoms with Crippen molar-refractivity contribution >= 4 is 39.9 Å². The molecule has 0 saturated carbocycles. The van der Waals surface area contributed by atoms with Crippen LogP contribution >= 0.6 is 23.7 Å². The number of hydrogen-bond donors (Lipinski definition) is 2. The van der Waals surface area contributed by atoms with E-state index in [1.54, 1.807) is 6.92 Å². The molecule has 24 heavy (non-hydrogen) atoms. The fraction of sp³-hybridized carbons (Fsp3) is 0.467. The van der Waals surface area contributed by atoms with Gasteiger partial charge < -0.3 is 10.6 Å². The third kappa shape index (κ3) is 3.81. The van der Waals surface area contributed by atoms with Gasteiger partial charge in [0, 0.05) is 11.4 Å². The second-order valence-corrected chi connectivity index (χ2v) is 6.60. The third-order valence-electron chi connectivity index (χ3n) is 3.97. The van der Waals surface area contributed by atoms with Crippen molar-refractivity contribution in [1.82, 2.24) is 15.6 Å². The highest BCUT2D eigenvalue weighted by Gasteiger charge is 2.33. The first-order valence-corrected chi connectivity index (χ1v) is 8.17. The van der Waals surface area contributed by atoms with Crippen molar-refractivity contribution in [1.29, 1.82) is 0 Å². The summed E-state index contributed by atoms with van der Waals surface area (Å²) >= 11 is 1.01. The molecule has 0 bridgehead atoms. The number of thiophene rings is 1. The predicted molar refractivity (Wildman–Crippen MR) is 90.0 cm³/mol. The van der Waals surface area contributed by atoms with Crippen LogP contribution in [-0.2, 0) is 6.18 Å². The SMILES string of the molecule is Cc1c(C(=O)NC2CCNCC2)sc2nc(C(F)(F)F)ccc12.Cl. The fourth-order valence-corrected chi connectivity index (χ4v) is 3.77. The maximum atomic E-state index is 12.7. The number of nitrogens with one attached hydrogen (secondary N) is 2. The number of nitrogens with zero attached hydrogens (tertiary/aromatic N) is 1. The highest BCUT2D eigenvalue weighted by Crippen LogP contribution is 2.34. The summed E-state index contributed by atoms with van der Waals surface area (Å²) in [6, 6.07) is 2.45. The molecule has 0 aromatic carbocycles. The Kier molecular flexibility index (Phi) is 5.72. The summed E-state index contributed by atoms with van der Waals surface area (Å²) in [7, 11) is 0. The summed E-state index contributed by atoms with van der Waals surface area (Å²) in [5.74, 6) is -0.231. The van der Waals surface area contributed by atoms with Gasteiger partial charge in [0.25, 0.3) is 5.91 Å². The normalized spacial score (nSPS) is 16.0. The lowest BCUT2D eigenvalue weighted by Crippen LogP contribution is -2.42. The standard InChI is InChI=1S/C15H16F3N3OS.ClH/c1-8-10-2-3-11(15(16,17)18)21-14(10)23-12(8)13(22)20-9-4-6-19-7-5-9;/h2-3,9,19H,4-7H2,1H3,(H,20,22);1H. The third-order valence-corrected chi connectivity index (χ3v) is 5.17. The van der Waals surface area contributed by atoms with Crippen LogP contribution in [-0.4, -0.2) is 30.0 Å². The molecule has 1 fully saturated rings. The number of amides is 1. The van der Waals surface area contributed by atoms with Gasteiger partial charge in [0.1, 0.15) is 10.5 Å². The molecule has 0 unspecified atom stereocenters. The van der Waals surface area contributed by atoms with Gasteiger partial charge in [-0.1, -0.05) is 0 Å². The smallest absolute Gasteiger partial charge is 0.349 e. The second kappa shape index (κ2) is 7.25. The maximum absolute atomic E-state index is 12.7. The van der Waals surface area contributed by atoms with Crippen LogP contribution in [0.4, 0.5) is 13.2 Å². The largest absolute Gasteiger partial charge is 0.433 e. The maximum Gasteiger partial charge on any atom is 0.433 e. The molecule has 2 N–H and O–H groups in total. The van der Waals surface area contributed by atoms with Crippen LogP contribution < -0.4 is 10.6 Å². The van der Waals surface area contributed by atoms with Gasteiger partial charge in [0.05, 0.1) is 4.88 Å². The quantitative estimate of drug-likeness (QED) is 0.839. The molecule has 2 aromatic rings. The molecule has 0 spiro atoms. The van der Waals surface area contributed by atoms with Crippen LogP contribution in [0.3, 0.4) is 0 Å². The molecule has 2 aromatic heterocycles. The van der Waals surface area contributed by atoms with Crippen molar-refractivity contribution in [3.63, 3.8) is 0 Å². The van der Waals surface area contributed by atoms with E-state index in [-0.39, 0.29) is 29.2 Å². The number of hydrogen-bond acceptors (Lipinski definition) is 4. The number of fused-ring (bicyclic) bond motifs is 1. The van der Waals surface area contributed by atoms with E-state index in [4.69, 9.17) is 0 Å². The zero-order valence-electron chi connectivity index (χ0n) is 12.9. The van der Waals surface area contributed by atoms with Crippen LogP contribution in [0.25, 0.3) is 10.2 Å². The van der Waals surface area contributed by atoms with Crippen molar-refractivity contribution in [3.8, 4) is 0 Å². The molecule has 132 valence electrons. The van der Waals surface area contributed by atoms with Gasteiger partial charge in [-0.3, -0.25) is 4.79 Å². The van der Waals surface area contributed by atoms with Gasteiger partial charge in [-0.15, -0.1) is 23.7 Å². The van der Waals surface area contributed by atoms with Gasteiger partial charge in [0.15, 0.2) is 0 Å². The average molecular weight is 380 g/mol. The number of halogens is 4. The number of alkyl halides is 3. The van der Waals surface area contributed by atoms with Gasteiger partial charge in [-0.2, -0.15) is 13.2 Å². The number of aryl methyl sites for hydroxylation is 1. The Balaban J connectivity index is 0.00000208. The molecular formula is C15H17ClF3N3OS. The molecule has 3 rings (SSSR count). The Bertz CT molecular complexity index is 741. The molecule has 1 amide bonds. The van der Waals surface area contributed by atoms with E-state index >= 15 is 0 Å². The van der Waals surface area contributed by atoms with E-state index in [9.17, 15) is 18.0 Å². The van der Waals surface area contributed by atoms with E-state index < -0.39 is 11.9 Å². The lowest BCUT2D eigenvalue weighted by Gasteiger charge is -2.23. The molecule has 1 aliphatic rings. The Morgan fingerprint density at radius 2 is 2.00 bits per heavy atom. The predicted octanol–water partition coefficient (Wildman–Crippen LogP) is 3.53. The van der Waals surface area contributed by atoms with Crippen LogP contribution in [0.5, 0.6) is 0 Å². The van der Waals surface area contributed by atoms with E-state index in [0.29, 0.717) is 15.8 Å². The Morgan fingerprint density at radius 1 is 1.33 bits per heavy atom. The highest BCUT2D eigenvalue weighted by atomic mass is 35.5. The van der Waals surface area contributed by atoms with E-state index in [1.165, 1.54) is 6.07 Å². The van der Waals surface area contributed by atoms with Crippen molar-refractivity contribution in [2.24, 2.45) is 0 Å². The molecule has 0 aliphatic carbocycles. The first kappa shape index (κ1) is 19.0. The van der Waals surface area contributed by atoms with Crippen LogP contribution in [0, 0.1) is 6.92 Å². The summed E-state index contributed by atoms with van der Waals surface area (Å²) < 4.78 is 38.2. The minimum atomic E-state index is -4.48. The average Bonchev–Trinajstić information content (AvgIpc) is 2.84. The van der Waals surface area contributed by atoms with Crippen LogP contribution in [0.15, 0.2) is 12.1 Å². The van der Waals surface area contributed by atoms with Crippen molar-refractivity contribution in [2.75, 3.05) is 13.1 Å². The summed E-state index contributed by atoms with van der Waals surface area (Å²) in [6.45, 7) is 3.45. The molecule has 4 nitrogen and oxygen atoms in total. The minimum absolute atomic E-state index is 0. The Labute approximate surface area is 147 Å². The molecule has 0 radical (unpaired) electrons. The van der Waals surface area contributed by atoms with Crippen LogP contribution in [0.2, 0.25) is 0 Å². The monoisotopic (exact) mass is 379 g/mol.